The van der Waals surface area contributed by atoms with E-state index in [2.05, 4.69) is 10.1 Å². The second-order valence-corrected chi connectivity index (χ2v) is 3.31. The quantitative estimate of drug-likeness (QED) is 0.695. The van der Waals surface area contributed by atoms with Crippen molar-refractivity contribution in [3.05, 3.63) is 29.0 Å². The summed E-state index contributed by atoms with van der Waals surface area (Å²) in [6.45, 7) is 0. The minimum Gasteiger partial charge on any atom is -0.277 e. The topological polar surface area (TPSA) is 45.6 Å². The number of halogens is 1. The Morgan fingerprint density at radius 2 is 2.50 bits per heavy atom. The van der Waals surface area contributed by atoms with Crippen LogP contribution in [0.2, 0.25) is 5.02 Å². The van der Waals surface area contributed by atoms with Crippen molar-refractivity contribution in [2.45, 2.75) is 12.5 Å². The molecule has 14 heavy (non-hydrogen) atoms. The Morgan fingerprint density at radius 1 is 1.64 bits per heavy atom. The molecule has 0 aliphatic carbocycles. The zero-order valence-electron chi connectivity index (χ0n) is 7.30. The molecule has 1 amide bonds. The maximum Gasteiger partial charge on any atom is 0.230 e. The molecule has 1 unspecified atom stereocenters. The summed E-state index contributed by atoms with van der Waals surface area (Å²) in [6.07, 6.45) is 4.68. The molecule has 0 spiro atoms. The van der Waals surface area contributed by atoms with Gasteiger partial charge in [0, 0.05) is 18.8 Å². The van der Waals surface area contributed by atoms with E-state index in [9.17, 15) is 4.79 Å². The van der Waals surface area contributed by atoms with Crippen LogP contribution in [0.1, 0.15) is 18.2 Å². The Hall–Kier alpha value is -1.42. The highest BCUT2D eigenvalue weighted by molar-refractivity contribution is 6.31. The molecular formula is C9H8ClN3O. The van der Waals surface area contributed by atoms with E-state index in [0.717, 1.165) is 0 Å². The first-order valence-corrected chi connectivity index (χ1v) is 4.57. The highest BCUT2D eigenvalue weighted by Gasteiger charge is 2.25. The molecule has 1 aliphatic rings. The third-order valence-electron chi connectivity index (χ3n) is 2.07. The molecule has 1 aliphatic heterocycles. The van der Waals surface area contributed by atoms with Crippen LogP contribution in [0.25, 0.3) is 0 Å². The summed E-state index contributed by atoms with van der Waals surface area (Å²) in [6, 6.07) is 3.36. The molecule has 5 heteroatoms. The fraction of sp³-hybridized carbons (Fsp3) is 0.222. The fourth-order valence-corrected chi connectivity index (χ4v) is 1.66. The van der Waals surface area contributed by atoms with Gasteiger partial charge in [0.1, 0.15) is 6.04 Å². The minimum absolute atomic E-state index is 0.152. The van der Waals surface area contributed by atoms with Crippen molar-refractivity contribution in [3.8, 4) is 0 Å². The van der Waals surface area contributed by atoms with Gasteiger partial charge in [-0.2, -0.15) is 5.10 Å². The van der Waals surface area contributed by atoms with Gasteiger partial charge in [-0.05, 0) is 12.1 Å². The van der Waals surface area contributed by atoms with Crippen LogP contribution in [-0.2, 0) is 4.79 Å². The molecule has 2 rings (SSSR count). The van der Waals surface area contributed by atoms with Gasteiger partial charge >= 0.3 is 0 Å². The van der Waals surface area contributed by atoms with Crippen molar-refractivity contribution in [2.75, 3.05) is 0 Å². The van der Waals surface area contributed by atoms with E-state index in [1.165, 1.54) is 5.01 Å². The average molecular weight is 210 g/mol. The predicted octanol–water partition coefficient (Wildman–Crippen LogP) is 1.62. The van der Waals surface area contributed by atoms with E-state index in [4.69, 9.17) is 11.6 Å². The van der Waals surface area contributed by atoms with Crippen molar-refractivity contribution in [1.29, 1.82) is 0 Å². The van der Waals surface area contributed by atoms with Crippen molar-refractivity contribution in [2.24, 2.45) is 5.10 Å². The lowest BCUT2D eigenvalue weighted by Crippen LogP contribution is -2.18. The fourth-order valence-electron chi connectivity index (χ4n) is 1.41. The summed E-state index contributed by atoms with van der Waals surface area (Å²) in [5, 5.41) is 5.79. The summed E-state index contributed by atoms with van der Waals surface area (Å²) < 4.78 is 0. The van der Waals surface area contributed by atoms with E-state index in [-0.39, 0.29) is 6.04 Å². The van der Waals surface area contributed by atoms with Crippen molar-refractivity contribution in [1.82, 2.24) is 9.99 Å². The van der Waals surface area contributed by atoms with Gasteiger partial charge < -0.3 is 0 Å². The van der Waals surface area contributed by atoms with Crippen LogP contribution in [0.4, 0.5) is 0 Å². The molecule has 0 N–H and O–H groups in total. The van der Waals surface area contributed by atoms with Crippen molar-refractivity contribution in [3.63, 3.8) is 0 Å². The van der Waals surface area contributed by atoms with Crippen LogP contribution in [0.5, 0.6) is 0 Å². The van der Waals surface area contributed by atoms with E-state index < -0.39 is 0 Å². The smallest absolute Gasteiger partial charge is 0.230 e. The van der Waals surface area contributed by atoms with Gasteiger partial charge in [-0.3, -0.25) is 9.78 Å². The zero-order chi connectivity index (χ0) is 9.97. The zero-order valence-corrected chi connectivity index (χ0v) is 8.05. The predicted molar refractivity (Wildman–Crippen MR) is 53.0 cm³/mol. The van der Waals surface area contributed by atoms with E-state index in [1.54, 1.807) is 24.5 Å². The number of hydrogen-bond donors (Lipinski definition) is 0. The van der Waals surface area contributed by atoms with E-state index in [1.807, 2.05) is 0 Å². The third-order valence-corrected chi connectivity index (χ3v) is 2.39. The first-order chi connectivity index (χ1) is 6.83. The summed E-state index contributed by atoms with van der Waals surface area (Å²) in [5.74, 6) is 0. The maximum absolute atomic E-state index is 10.6. The highest BCUT2D eigenvalue weighted by Crippen LogP contribution is 2.29. The van der Waals surface area contributed by atoms with Crippen LogP contribution in [0.3, 0.4) is 0 Å². The summed E-state index contributed by atoms with van der Waals surface area (Å²) in [5.41, 5.74) is 0.693. The summed E-state index contributed by atoms with van der Waals surface area (Å²) in [4.78, 5) is 14.8. The highest BCUT2D eigenvalue weighted by atomic mass is 35.5. The van der Waals surface area contributed by atoms with Crippen molar-refractivity contribution < 1.29 is 4.79 Å². The molecule has 1 atom stereocenters. The number of amides is 1. The van der Waals surface area contributed by atoms with E-state index >= 15 is 0 Å². The second kappa shape index (κ2) is 3.75. The number of pyridine rings is 1. The number of carbonyl (C=O) groups excluding carboxylic acids is 1. The van der Waals surface area contributed by atoms with Crippen molar-refractivity contribution >= 4 is 24.2 Å². The van der Waals surface area contributed by atoms with Crippen LogP contribution in [0.15, 0.2) is 23.4 Å². The Labute approximate surface area is 86.2 Å². The van der Waals surface area contributed by atoms with Gasteiger partial charge in [-0.15, -0.1) is 0 Å². The molecule has 0 saturated carbocycles. The van der Waals surface area contributed by atoms with Gasteiger partial charge in [0.2, 0.25) is 6.41 Å². The van der Waals surface area contributed by atoms with E-state index in [0.29, 0.717) is 23.5 Å². The molecule has 1 aromatic heterocycles. The number of carbonyl (C=O) groups is 1. The van der Waals surface area contributed by atoms with Gasteiger partial charge in [-0.1, -0.05) is 11.6 Å². The standard InChI is InChI=1S/C9H8ClN3O/c10-7-2-1-4-11-9(7)8-3-5-12-13(8)6-14/h1-2,4-6,8H,3H2. The third kappa shape index (κ3) is 1.48. The lowest BCUT2D eigenvalue weighted by Gasteiger charge is -2.17. The molecule has 2 heterocycles. The Morgan fingerprint density at radius 3 is 3.21 bits per heavy atom. The first kappa shape index (κ1) is 9.15. The average Bonchev–Trinajstić information content (AvgIpc) is 2.66. The first-order valence-electron chi connectivity index (χ1n) is 4.19. The Kier molecular flexibility index (Phi) is 2.45. The number of rotatable bonds is 2. The molecule has 4 nitrogen and oxygen atoms in total. The molecule has 0 fully saturated rings. The Bertz CT molecular complexity index is 380. The maximum atomic E-state index is 10.6. The SMILES string of the molecule is O=CN1N=CCC1c1ncccc1Cl. The molecule has 0 aromatic carbocycles. The monoisotopic (exact) mass is 209 g/mol. The largest absolute Gasteiger partial charge is 0.277 e. The number of hydrogen-bond acceptors (Lipinski definition) is 3. The second-order valence-electron chi connectivity index (χ2n) is 2.91. The number of aromatic nitrogens is 1. The molecular weight excluding hydrogens is 202 g/mol. The Balaban J connectivity index is 2.32. The lowest BCUT2D eigenvalue weighted by atomic mass is 10.1. The number of hydrazone groups is 1. The van der Waals surface area contributed by atoms with Crippen LogP contribution in [0, 0.1) is 0 Å². The van der Waals surface area contributed by atoms with Gasteiger partial charge in [0.05, 0.1) is 10.7 Å². The van der Waals surface area contributed by atoms with Gasteiger partial charge in [0.15, 0.2) is 0 Å². The molecule has 0 bridgehead atoms. The van der Waals surface area contributed by atoms with Gasteiger partial charge in [0.25, 0.3) is 0 Å². The van der Waals surface area contributed by atoms with Gasteiger partial charge in [-0.25, -0.2) is 5.01 Å². The minimum atomic E-state index is -0.152. The molecule has 0 saturated heterocycles. The molecule has 72 valence electrons. The number of nitrogens with zero attached hydrogens (tertiary/aromatic N) is 3. The summed E-state index contributed by atoms with van der Waals surface area (Å²) in [7, 11) is 0. The molecule has 0 radical (unpaired) electrons. The van der Waals surface area contributed by atoms with Crippen LogP contribution >= 0.6 is 11.6 Å². The summed E-state index contributed by atoms with van der Waals surface area (Å²) >= 11 is 5.97. The molecule has 1 aromatic rings. The van der Waals surface area contributed by atoms with Crippen LogP contribution < -0.4 is 0 Å². The normalized spacial score (nSPS) is 20.1. The van der Waals surface area contributed by atoms with Crippen LogP contribution in [-0.4, -0.2) is 22.6 Å². The lowest BCUT2D eigenvalue weighted by molar-refractivity contribution is -0.119.